The third-order valence-corrected chi connectivity index (χ3v) is 29.4. The van der Waals surface area contributed by atoms with E-state index in [-0.39, 0.29) is 117 Å². The molecular formula is C81H87N7O20S2. The van der Waals surface area contributed by atoms with Gasteiger partial charge in [-0.05, 0) is 103 Å². The van der Waals surface area contributed by atoms with Gasteiger partial charge in [0.15, 0.2) is 45.6 Å². The van der Waals surface area contributed by atoms with Gasteiger partial charge in [-0.15, -0.1) is 23.5 Å². The molecule has 20 atom stereocenters. The number of carbonyl (C=O) groups is 4. The SMILES string of the molecule is COC1=C(O)C2C(C=C1C)CC1(O)CN(C)[C@@H]2[C@@H]2[C@@H]3SC[C@]4(NCCc5c4oc4cccc(C6Oc7c(C)c(OC(C)=O)c8c(c7O6)[C@@H]6COC(=O)[C@]7(CS[C@H]8[C@H]8[C@@H]9C%10C(O)=C(OC)C(C)=CC%10CC(O)(CN9C)N86)N[C@@H](CN)Cc6c7oc7ccccc67)c54)C(=O)OC[C@@H](c4c5c(c(C)c(OC(C)=O)c43)OCO5)N21. The van der Waals surface area contributed by atoms with Gasteiger partial charge in [0.1, 0.15) is 70.4 Å². The summed E-state index contributed by atoms with van der Waals surface area (Å²) in [6.45, 7) is 10.1. The fourth-order valence-electron chi connectivity index (χ4n) is 22.6. The molecular weight excluding hydrogens is 1460 g/mol. The number of allylic oxidation sites excluding steroid dienone is 4. The Labute approximate surface area is 641 Å². The number of nitrogens with two attached hydrogens (primary N) is 1. The molecule has 8 fully saturated rings. The summed E-state index contributed by atoms with van der Waals surface area (Å²) in [4.78, 5) is 68.0. The molecule has 18 aliphatic rings. The highest BCUT2D eigenvalue weighted by Gasteiger charge is 2.70. The number of aliphatic hydroxyl groups excluding tert-OH is 2. The van der Waals surface area contributed by atoms with Crippen molar-refractivity contribution in [2.24, 2.45) is 29.4 Å². The Hall–Kier alpha value is -8.46. The van der Waals surface area contributed by atoms with E-state index in [1.165, 1.54) is 51.6 Å². The quantitative estimate of drug-likeness (QED) is 0.0608. The van der Waals surface area contributed by atoms with Crippen LogP contribution in [0.15, 0.2) is 97.6 Å². The molecule has 9 unspecified atom stereocenters. The summed E-state index contributed by atoms with van der Waals surface area (Å²) in [6.07, 6.45) is 4.11. The minimum Gasteiger partial charge on any atom is -0.508 e. The van der Waals surface area contributed by atoms with Crippen LogP contribution in [0, 0.1) is 37.5 Å². The fourth-order valence-corrected chi connectivity index (χ4v) is 26.0. The van der Waals surface area contributed by atoms with Gasteiger partial charge in [-0.1, -0.05) is 42.5 Å². The standard InChI is InChI=1S/C81H87N7O20S2/c1-33-20-39-23-78(95)28-85(7)57(50(39)61(91)63(33)97-9)59-71-55-53(69-67(101-32-102-69)35(3)65(55)103-37(5)89)46(87(59)78)26-99-76(93)80(30-109-71)73-43(18-19-83-80)52-44(15-13-17-49(52)106-73)75-107-68-36(4)66(104-38(6)90)56-54(70(68)108-75)47-27-100-77(94)81(74-45(22-41(25-82)84-81)42-14-11-12-16-48(42)105-74)31-110-72(56)60-58-51-40(21-34(2)64(98-10)62(51)92)24-79(96,88(47)60)29-86(58)8/h11-17,20-21,39-41,46-47,50-51,57-60,71-72,75,83-84,91-92,95-96H,18-19,22-32,82H2,1-10H3/t39?,40?,41-,46+,47+,50?,51?,57+,58+,59-,60-,71-,72-,75?,78?,79?,80-,81-/m1/s1. The van der Waals surface area contributed by atoms with Crippen LogP contribution in [0.5, 0.6) is 34.5 Å². The first-order valence-corrected chi connectivity index (χ1v) is 39.9. The Bertz CT molecular complexity index is 5210. The third-order valence-electron chi connectivity index (χ3n) is 26.4. The molecule has 2 aliphatic carbocycles. The van der Waals surface area contributed by atoms with Gasteiger partial charge in [-0.2, -0.15) is 0 Å². The summed E-state index contributed by atoms with van der Waals surface area (Å²) < 4.78 is 80.0. The normalized spacial score (nSPS) is 36.2. The number of thioether (sulfide) groups is 2. The summed E-state index contributed by atoms with van der Waals surface area (Å²) in [6, 6.07) is 8.43. The van der Waals surface area contributed by atoms with Crippen molar-refractivity contribution in [2.45, 2.75) is 149 Å². The number of fused-ring (bicyclic) bond motifs is 16. The fraction of sp³-hybridized carbons (Fsp3) is 0.506. The number of ether oxygens (including phenoxy) is 10. The lowest BCUT2D eigenvalue weighted by molar-refractivity contribution is -0.214. The molecule has 2 aromatic heterocycles. The predicted molar refractivity (Wildman–Crippen MR) is 398 cm³/mol. The molecule has 16 aliphatic heterocycles. The molecule has 18 heterocycles. The van der Waals surface area contributed by atoms with E-state index in [9.17, 15) is 30.0 Å². The van der Waals surface area contributed by atoms with Gasteiger partial charge >= 0.3 is 23.9 Å². The number of piperazine rings is 2. The number of benzene rings is 4. The Morgan fingerprint density at radius 3 is 1.76 bits per heavy atom. The summed E-state index contributed by atoms with van der Waals surface area (Å²) in [5.41, 5.74) is 7.76. The van der Waals surface area contributed by atoms with Crippen LogP contribution in [-0.4, -0.2) is 192 Å². The maximum absolute atomic E-state index is 16.1. The van der Waals surface area contributed by atoms with E-state index in [1.54, 1.807) is 0 Å². The number of methoxy groups -OCH3 is 2. The monoisotopic (exact) mass is 1540 g/mol. The number of rotatable bonds is 6. The molecule has 4 aromatic carbocycles. The van der Waals surface area contributed by atoms with Crippen molar-refractivity contribution >= 4 is 69.3 Å². The van der Waals surface area contributed by atoms with Crippen molar-refractivity contribution < 1.29 is 95.8 Å². The van der Waals surface area contributed by atoms with E-state index in [0.717, 1.165) is 22.1 Å². The highest BCUT2D eigenvalue weighted by molar-refractivity contribution is 7.99. The van der Waals surface area contributed by atoms with E-state index in [2.05, 4.69) is 42.4 Å². The summed E-state index contributed by atoms with van der Waals surface area (Å²) in [7, 11) is 6.99. The van der Waals surface area contributed by atoms with Gasteiger partial charge in [0, 0.05) is 154 Å². The van der Waals surface area contributed by atoms with Gasteiger partial charge in [-0.25, -0.2) is 9.59 Å². The van der Waals surface area contributed by atoms with Crippen LogP contribution in [0.25, 0.3) is 21.9 Å². The molecule has 0 amide bonds. The van der Waals surface area contributed by atoms with Gasteiger partial charge in [0.25, 0.3) is 6.29 Å². The van der Waals surface area contributed by atoms with Crippen molar-refractivity contribution in [3.05, 3.63) is 150 Å². The summed E-state index contributed by atoms with van der Waals surface area (Å²) in [5, 5.41) is 60.4. The summed E-state index contributed by atoms with van der Waals surface area (Å²) in [5.74, 6) is -1.11. The first-order valence-electron chi connectivity index (χ1n) is 37.8. The lowest BCUT2D eigenvalue weighted by atomic mass is 9.73. The van der Waals surface area contributed by atoms with Crippen molar-refractivity contribution in [1.82, 2.24) is 30.2 Å². The minimum absolute atomic E-state index is 0.000830. The molecule has 2 spiro atoms. The zero-order valence-corrected chi connectivity index (χ0v) is 64.1. The Morgan fingerprint density at radius 1 is 0.645 bits per heavy atom. The smallest absolute Gasteiger partial charge is 0.335 e. The van der Waals surface area contributed by atoms with Crippen LogP contribution in [-0.2, 0) is 62.0 Å². The second kappa shape index (κ2) is 24.8. The predicted octanol–water partition coefficient (Wildman–Crippen LogP) is 8.40. The second-order valence-electron chi connectivity index (χ2n) is 32.4. The topological polar surface area (TPSA) is 331 Å². The van der Waals surface area contributed by atoms with Crippen molar-refractivity contribution in [1.29, 1.82) is 0 Å². The maximum Gasteiger partial charge on any atom is 0.335 e. The van der Waals surface area contributed by atoms with E-state index in [0.29, 0.717) is 108 Å². The first kappa shape index (κ1) is 70.6. The molecule has 0 saturated carbocycles. The number of aliphatic hydroxyl groups is 4. The van der Waals surface area contributed by atoms with Crippen molar-refractivity contribution in [3.8, 4) is 34.5 Å². The molecule has 0 radical (unpaired) electrons. The van der Waals surface area contributed by atoms with Crippen LogP contribution in [0.4, 0.5) is 0 Å². The average Bonchev–Trinajstić information content (AvgIpc) is 1.36. The van der Waals surface area contributed by atoms with Crippen LogP contribution in [0.1, 0.15) is 131 Å². The summed E-state index contributed by atoms with van der Waals surface area (Å²) >= 11 is 2.86. The molecule has 29 heteroatoms. The van der Waals surface area contributed by atoms with Gasteiger partial charge in [0.2, 0.25) is 6.79 Å². The number of para-hydroxylation sites is 1. The molecule has 6 aromatic rings. The molecule has 578 valence electrons. The Balaban J connectivity index is 0.734. The number of nitrogens with one attached hydrogen (secondary N) is 2. The molecule has 24 rings (SSSR count). The zero-order valence-electron chi connectivity index (χ0n) is 62.5. The van der Waals surface area contributed by atoms with Crippen molar-refractivity contribution in [3.63, 3.8) is 0 Å². The lowest BCUT2D eigenvalue weighted by Crippen LogP contribution is -2.72. The van der Waals surface area contributed by atoms with Gasteiger partial charge in [0.05, 0.1) is 36.8 Å². The van der Waals surface area contributed by atoms with E-state index >= 15 is 9.59 Å². The lowest BCUT2D eigenvalue weighted by Gasteiger charge is -2.61. The third kappa shape index (κ3) is 9.53. The van der Waals surface area contributed by atoms with E-state index in [4.69, 9.17) is 61.9 Å². The van der Waals surface area contributed by atoms with Crippen molar-refractivity contribution in [2.75, 3.05) is 86.0 Å². The molecule has 8 N–H and O–H groups in total. The van der Waals surface area contributed by atoms with Crippen LogP contribution >= 0.6 is 23.5 Å². The number of likely N-dealkylation sites (N-methyl/N-ethyl adjacent to an activating group) is 2. The number of nitrogens with zero attached hydrogens (tertiary/aromatic N) is 4. The van der Waals surface area contributed by atoms with Gasteiger partial charge in [-0.3, -0.25) is 39.8 Å². The Morgan fingerprint density at radius 2 is 1.17 bits per heavy atom. The average molecular weight is 1540 g/mol. The number of esters is 4. The largest absolute Gasteiger partial charge is 0.508 e. The minimum atomic E-state index is -1.70. The number of furan rings is 2. The highest BCUT2D eigenvalue weighted by Crippen LogP contribution is 2.69. The van der Waals surface area contributed by atoms with Gasteiger partial charge < -0.3 is 82.4 Å². The van der Waals surface area contributed by atoms with Crippen LogP contribution in [0.2, 0.25) is 0 Å². The van der Waals surface area contributed by atoms with E-state index in [1.807, 2.05) is 84.3 Å². The van der Waals surface area contributed by atoms with Crippen LogP contribution < -0.4 is 44.8 Å². The number of hydrogen-bond acceptors (Lipinski definition) is 29. The van der Waals surface area contributed by atoms with Crippen LogP contribution in [0.3, 0.4) is 0 Å². The van der Waals surface area contributed by atoms with E-state index < -0.39 is 117 Å². The first-order chi connectivity index (χ1) is 52.9. The molecule has 110 heavy (non-hydrogen) atoms. The Kier molecular flexibility index (Phi) is 15.9. The molecule has 8 saturated heterocycles. The second-order valence-corrected chi connectivity index (χ2v) is 34.7. The number of carbonyl (C=O) groups excluding carboxylic acids is 4. The number of hydrogen-bond donors (Lipinski definition) is 7. The zero-order chi connectivity index (χ0) is 76.2. The molecule has 27 nitrogen and oxygen atoms in total. The highest BCUT2D eigenvalue weighted by atomic mass is 32.2. The maximum atomic E-state index is 16.1. The molecule has 8 bridgehead atoms.